The summed E-state index contributed by atoms with van der Waals surface area (Å²) in [6.45, 7) is 8.03. The van der Waals surface area contributed by atoms with Gasteiger partial charge in [-0.15, -0.1) is 0 Å². The molecule has 0 bridgehead atoms. The van der Waals surface area contributed by atoms with Crippen molar-refractivity contribution in [2.75, 3.05) is 11.9 Å². The van der Waals surface area contributed by atoms with Crippen LogP contribution in [0, 0.1) is 11.8 Å². The molecule has 1 amide bonds. The van der Waals surface area contributed by atoms with Crippen LogP contribution >= 0.6 is 0 Å². The minimum atomic E-state index is -0.351. The molecule has 0 saturated carbocycles. The fourth-order valence-corrected chi connectivity index (χ4v) is 1.46. The van der Waals surface area contributed by atoms with Crippen LogP contribution in [0.5, 0.6) is 0 Å². The van der Waals surface area contributed by atoms with Gasteiger partial charge in [-0.2, -0.15) is 0 Å². The number of ether oxygens (including phenoxy) is 1. The highest BCUT2D eigenvalue weighted by Gasteiger charge is 2.16. The third kappa shape index (κ3) is 4.39. The Morgan fingerprint density at radius 2 is 1.74 bits per heavy atom. The predicted molar refractivity (Wildman–Crippen MR) is 75.0 cm³/mol. The second-order valence-corrected chi connectivity index (χ2v) is 4.82. The fraction of sp³-hybridized carbons (Fsp3) is 0.467. The summed E-state index contributed by atoms with van der Waals surface area (Å²) in [7, 11) is 0. The summed E-state index contributed by atoms with van der Waals surface area (Å²) in [5.41, 5.74) is 1.17. The number of nitrogens with one attached hydrogen (secondary N) is 1. The minimum absolute atomic E-state index is 0.0149. The van der Waals surface area contributed by atoms with Gasteiger partial charge >= 0.3 is 5.97 Å². The smallest absolute Gasteiger partial charge is 0.338 e. The van der Waals surface area contributed by atoms with Crippen LogP contribution in [0.15, 0.2) is 24.3 Å². The molecule has 1 N–H and O–H groups in total. The van der Waals surface area contributed by atoms with Gasteiger partial charge in [-0.1, -0.05) is 20.8 Å². The van der Waals surface area contributed by atoms with Crippen molar-refractivity contribution >= 4 is 17.6 Å². The summed E-state index contributed by atoms with van der Waals surface area (Å²) in [5.74, 6) is -0.127. The predicted octanol–water partition coefficient (Wildman–Crippen LogP) is 3.09. The van der Waals surface area contributed by atoms with Crippen LogP contribution in [-0.4, -0.2) is 18.5 Å². The van der Waals surface area contributed by atoms with Crippen molar-refractivity contribution in [2.45, 2.75) is 27.7 Å². The molecule has 0 fully saturated rings. The molecule has 0 spiro atoms. The van der Waals surface area contributed by atoms with E-state index in [1.165, 1.54) is 0 Å². The molecule has 1 unspecified atom stereocenters. The van der Waals surface area contributed by atoms with Crippen LogP contribution in [0.3, 0.4) is 0 Å². The highest BCUT2D eigenvalue weighted by Crippen LogP contribution is 2.15. The molecule has 1 aromatic rings. The van der Waals surface area contributed by atoms with Crippen molar-refractivity contribution in [3.8, 4) is 0 Å². The maximum absolute atomic E-state index is 11.9. The van der Waals surface area contributed by atoms with Gasteiger partial charge in [-0.05, 0) is 37.1 Å². The molecule has 0 heterocycles. The molecule has 0 aliphatic rings. The number of esters is 1. The number of rotatable bonds is 5. The maximum atomic E-state index is 11.9. The van der Waals surface area contributed by atoms with E-state index in [0.29, 0.717) is 23.8 Å². The third-order valence-electron chi connectivity index (χ3n) is 3.08. The number of carbonyl (C=O) groups excluding carboxylic acids is 2. The van der Waals surface area contributed by atoms with Crippen LogP contribution in [0.1, 0.15) is 38.1 Å². The lowest BCUT2D eigenvalue weighted by Gasteiger charge is -2.15. The van der Waals surface area contributed by atoms with Gasteiger partial charge in [0.2, 0.25) is 5.91 Å². The number of amides is 1. The van der Waals surface area contributed by atoms with Gasteiger partial charge in [0.15, 0.2) is 0 Å². The van der Waals surface area contributed by atoms with Crippen LogP contribution < -0.4 is 5.32 Å². The van der Waals surface area contributed by atoms with E-state index < -0.39 is 0 Å². The monoisotopic (exact) mass is 263 g/mol. The molecule has 4 heteroatoms. The van der Waals surface area contributed by atoms with Crippen LogP contribution in [0.4, 0.5) is 5.69 Å². The summed E-state index contributed by atoms with van der Waals surface area (Å²) in [6.07, 6.45) is 0. The first-order valence-electron chi connectivity index (χ1n) is 6.53. The van der Waals surface area contributed by atoms with Crippen molar-refractivity contribution < 1.29 is 14.3 Å². The SMILES string of the molecule is CCOC(=O)c1ccc(NC(=O)C(C)C(C)C)cc1. The van der Waals surface area contributed by atoms with Gasteiger partial charge in [0.1, 0.15) is 0 Å². The zero-order valence-corrected chi connectivity index (χ0v) is 11.9. The molecule has 0 saturated heterocycles. The molecule has 1 atom stereocenters. The van der Waals surface area contributed by atoms with Gasteiger partial charge in [0.05, 0.1) is 12.2 Å². The summed E-state index contributed by atoms with van der Waals surface area (Å²) in [4.78, 5) is 23.3. The Morgan fingerprint density at radius 3 is 2.21 bits per heavy atom. The van der Waals surface area contributed by atoms with Gasteiger partial charge in [-0.25, -0.2) is 4.79 Å². The average Bonchev–Trinajstić information content (AvgIpc) is 2.38. The van der Waals surface area contributed by atoms with Crippen LogP contribution in [-0.2, 0) is 9.53 Å². The number of anilines is 1. The van der Waals surface area contributed by atoms with Crippen molar-refractivity contribution in [1.82, 2.24) is 0 Å². The lowest BCUT2D eigenvalue weighted by Crippen LogP contribution is -2.24. The molecule has 0 aliphatic carbocycles. The lowest BCUT2D eigenvalue weighted by atomic mass is 9.97. The molecule has 1 rings (SSSR count). The number of carbonyl (C=O) groups is 2. The first-order chi connectivity index (χ1) is 8.95. The maximum Gasteiger partial charge on any atom is 0.338 e. The van der Waals surface area contributed by atoms with Crippen molar-refractivity contribution in [3.05, 3.63) is 29.8 Å². The highest BCUT2D eigenvalue weighted by atomic mass is 16.5. The first kappa shape index (κ1) is 15.2. The molecule has 4 nitrogen and oxygen atoms in total. The van der Waals surface area contributed by atoms with Crippen LogP contribution in [0.2, 0.25) is 0 Å². The Kier molecular flexibility index (Phi) is 5.55. The Hall–Kier alpha value is -1.84. The largest absolute Gasteiger partial charge is 0.462 e. The molecule has 0 aliphatic heterocycles. The Balaban J connectivity index is 2.67. The molecule has 0 radical (unpaired) electrons. The topological polar surface area (TPSA) is 55.4 Å². The molecule has 104 valence electrons. The molecular weight excluding hydrogens is 242 g/mol. The quantitative estimate of drug-likeness (QED) is 0.830. The second kappa shape index (κ2) is 6.92. The van der Waals surface area contributed by atoms with Crippen molar-refractivity contribution in [2.24, 2.45) is 11.8 Å². The standard InChI is InChI=1S/C15H21NO3/c1-5-19-15(18)12-6-8-13(9-7-12)16-14(17)11(4)10(2)3/h6-11H,5H2,1-4H3,(H,16,17). The van der Waals surface area contributed by atoms with Gasteiger partial charge in [0.25, 0.3) is 0 Å². The average molecular weight is 263 g/mol. The van der Waals surface area contributed by atoms with E-state index in [9.17, 15) is 9.59 Å². The molecule has 1 aromatic carbocycles. The summed E-state index contributed by atoms with van der Waals surface area (Å²) >= 11 is 0. The van der Waals surface area contributed by atoms with E-state index >= 15 is 0 Å². The van der Waals surface area contributed by atoms with E-state index in [0.717, 1.165) is 0 Å². The first-order valence-corrected chi connectivity index (χ1v) is 6.53. The van der Waals surface area contributed by atoms with E-state index in [-0.39, 0.29) is 17.8 Å². The van der Waals surface area contributed by atoms with E-state index in [4.69, 9.17) is 4.74 Å². The van der Waals surface area contributed by atoms with Gasteiger partial charge < -0.3 is 10.1 Å². The number of benzene rings is 1. The normalized spacial score (nSPS) is 12.1. The zero-order chi connectivity index (χ0) is 14.4. The molecular formula is C15H21NO3. The van der Waals surface area contributed by atoms with E-state index in [1.807, 2.05) is 20.8 Å². The Labute approximate surface area is 114 Å². The van der Waals surface area contributed by atoms with Crippen molar-refractivity contribution in [3.63, 3.8) is 0 Å². The summed E-state index contributed by atoms with van der Waals surface area (Å²) in [5, 5.41) is 2.83. The third-order valence-corrected chi connectivity index (χ3v) is 3.08. The van der Waals surface area contributed by atoms with Gasteiger partial charge in [-0.3, -0.25) is 4.79 Å². The van der Waals surface area contributed by atoms with E-state index in [2.05, 4.69) is 5.32 Å². The van der Waals surface area contributed by atoms with E-state index in [1.54, 1.807) is 31.2 Å². The lowest BCUT2D eigenvalue weighted by molar-refractivity contribution is -0.120. The molecule has 0 aromatic heterocycles. The van der Waals surface area contributed by atoms with Crippen molar-refractivity contribution in [1.29, 1.82) is 0 Å². The number of hydrogen-bond acceptors (Lipinski definition) is 3. The summed E-state index contributed by atoms with van der Waals surface area (Å²) < 4.78 is 4.89. The second-order valence-electron chi connectivity index (χ2n) is 4.82. The zero-order valence-electron chi connectivity index (χ0n) is 11.9. The number of hydrogen-bond donors (Lipinski definition) is 1. The van der Waals surface area contributed by atoms with Crippen LogP contribution in [0.25, 0.3) is 0 Å². The minimum Gasteiger partial charge on any atom is -0.462 e. The highest BCUT2D eigenvalue weighted by molar-refractivity contribution is 5.94. The Morgan fingerprint density at radius 1 is 1.16 bits per heavy atom. The Bertz CT molecular complexity index is 437. The molecule has 19 heavy (non-hydrogen) atoms. The fourth-order valence-electron chi connectivity index (χ4n) is 1.46. The van der Waals surface area contributed by atoms with Gasteiger partial charge in [0, 0.05) is 11.6 Å². The summed E-state index contributed by atoms with van der Waals surface area (Å²) in [6, 6.07) is 6.70.